The van der Waals surface area contributed by atoms with Crippen molar-refractivity contribution in [1.29, 1.82) is 0 Å². The number of rotatable bonds is 3. The Morgan fingerprint density at radius 2 is 2.30 bits per heavy atom. The zero-order chi connectivity index (χ0) is 16.2. The van der Waals surface area contributed by atoms with Crippen LogP contribution in [0.2, 0.25) is 0 Å². The molecule has 23 heavy (non-hydrogen) atoms. The van der Waals surface area contributed by atoms with Crippen molar-refractivity contribution >= 4 is 17.7 Å². The Morgan fingerprint density at radius 1 is 1.48 bits per heavy atom. The quantitative estimate of drug-likeness (QED) is 0.796. The fourth-order valence-corrected chi connectivity index (χ4v) is 5.15. The molecule has 2 saturated heterocycles. The predicted molar refractivity (Wildman–Crippen MR) is 81.9 cm³/mol. The topological polar surface area (TPSA) is 108 Å². The number of aromatic amines is 1. The number of fused-ring (bicyclic) bond motifs is 1. The molecule has 1 amide bonds. The molecule has 8 nitrogen and oxygen atoms in total. The van der Waals surface area contributed by atoms with Gasteiger partial charge >= 0.3 is 0 Å². The molecule has 0 radical (unpaired) electrons. The van der Waals surface area contributed by atoms with E-state index in [1.165, 1.54) is 0 Å². The molecule has 0 saturated carbocycles. The number of H-pyrrole nitrogens is 1. The van der Waals surface area contributed by atoms with Gasteiger partial charge in [-0.3, -0.25) is 9.78 Å². The third-order valence-electron chi connectivity index (χ3n) is 4.47. The van der Waals surface area contributed by atoms with Gasteiger partial charge in [-0.25, -0.2) is 5.10 Å². The fourth-order valence-electron chi connectivity index (χ4n) is 3.42. The fraction of sp³-hybridized carbons (Fsp3) is 0.500. The number of hydrogen-bond donors (Lipinski definition) is 2. The maximum absolute atomic E-state index is 12.7. The first-order chi connectivity index (χ1) is 11.0. The first-order valence-electron chi connectivity index (χ1n) is 7.32. The maximum Gasteiger partial charge on any atom is 0.233 e. The largest absolute Gasteiger partial charge is 0.387 e. The van der Waals surface area contributed by atoms with Crippen molar-refractivity contribution in [3.05, 3.63) is 35.9 Å². The average Bonchev–Trinajstić information content (AvgIpc) is 3.12. The van der Waals surface area contributed by atoms with Crippen LogP contribution in [-0.2, 0) is 4.79 Å². The van der Waals surface area contributed by atoms with Crippen LogP contribution in [0.3, 0.4) is 0 Å². The molecule has 0 bridgehead atoms. The number of aromatic nitrogens is 5. The number of thioether (sulfide) groups is 1. The van der Waals surface area contributed by atoms with Crippen LogP contribution in [0.5, 0.6) is 0 Å². The molecule has 2 N–H and O–H groups in total. The van der Waals surface area contributed by atoms with E-state index in [0.717, 1.165) is 0 Å². The monoisotopic (exact) mass is 332 g/mol. The number of nitrogens with one attached hydrogen (secondary N) is 1. The summed E-state index contributed by atoms with van der Waals surface area (Å²) in [4.78, 5) is 18.5. The summed E-state index contributed by atoms with van der Waals surface area (Å²) in [6.07, 6.45) is 2.39. The summed E-state index contributed by atoms with van der Waals surface area (Å²) in [5, 5.41) is 24.5. The van der Waals surface area contributed by atoms with Crippen molar-refractivity contribution in [1.82, 2.24) is 30.5 Å². The summed E-state index contributed by atoms with van der Waals surface area (Å²) in [6, 6.07) is 3.32. The van der Waals surface area contributed by atoms with Gasteiger partial charge in [-0.05, 0) is 35.9 Å². The zero-order valence-corrected chi connectivity index (χ0v) is 13.4. The van der Waals surface area contributed by atoms with Crippen molar-refractivity contribution in [2.24, 2.45) is 5.92 Å². The normalized spacial score (nSPS) is 30.0. The van der Waals surface area contributed by atoms with E-state index >= 15 is 0 Å². The van der Waals surface area contributed by atoms with Crippen molar-refractivity contribution in [3.63, 3.8) is 0 Å². The van der Waals surface area contributed by atoms with E-state index in [0.29, 0.717) is 11.4 Å². The Labute approximate surface area is 136 Å². The van der Waals surface area contributed by atoms with Gasteiger partial charge in [0.15, 0.2) is 5.82 Å². The SMILES string of the molecule is CC1(C)S[C@@H]2[C@H](C(O)c3cccnc3)C(=O)N2[C@H]1c1nnn[nH]1. The number of carbonyl (C=O) groups is 1. The minimum Gasteiger partial charge on any atom is -0.387 e. The van der Waals surface area contributed by atoms with Crippen LogP contribution in [-0.4, -0.2) is 51.6 Å². The van der Waals surface area contributed by atoms with Gasteiger partial charge in [0.05, 0.1) is 17.4 Å². The van der Waals surface area contributed by atoms with Crippen LogP contribution in [0, 0.1) is 5.92 Å². The van der Waals surface area contributed by atoms with Crippen molar-refractivity contribution in [3.8, 4) is 0 Å². The molecule has 4 heterocycles. The second-order valence-corrected chi connectivity index (χ2v) is 8.07. The number of pyridine rings is 1. The second kappa shape index (κ2) is 5.00. The second-order valence-electron chi connectivity index (χ2n) is 6.30. The number of aliphatic hydroxyl groups is 1. The van der Waals surface area contributed by atoms with Crippen LogP contribution >= 0.6 is 11.8 Å². The molecule has 2 aliphatic heterocycles. The van der Waals surface area contributed by atoms with Gasteiger partial charge in [0.1, 0.15) is 6.04 Å². The van der Waals surface area contributed by atoms with Gasteiger partial charge in [0.25, 0.3) is 0 Å². The van der Waals surface area contributed by atoms with Crippen LogP contribution in [0.1, 0.15) is 37.4 Å². The Bertz CT molecular complexity index is 722. The lowest BCUT2D eigenvalue weighted by Gasteiger charge is -2.46. The highest BCUT2D eigenvalue weighted by atomic mass is 32.2. The highest BCUT2D eigenvalue weighted by Gasteiger charge is 2.64. The van der Waals surface area contributed by atoms with Gasteiger partial charge in [0, 0.05) is 17.1 Å². The molecule has 0 aromatic carbocycles. The Hall–Kier alpha value is -2.00. The van der Waals surface area contributed by atoms with E-state index in [2.05, 4.69) is 39.5 Å². The van der Waals surface area contributed by atoms with E-state index < -0.39 is 12.0 Å². The highest BCUT2D eigenvalue weighted by molar-refractivity contribution is 8.01. The summed E-state index contributed by atoms with van der Waals surface area (Å²) < 4.78 is -0.245. The van der Waals surface area contributed by atoms with Crippen LogP contribution < -0.4 is 0 Å². The zero-order valence-electron chi connectivity index (χ0n) is 12.6. The molecule has 0 spiro atoms. The molecule has 1 unspecified atom stereocenters. The third-order valence-corrected chi connectivity index (χ3v) is 6.06. The number of β-lactam (4-membered cyclic amide) rings is 1. The minimum absolute atomic E-state index is 0.0779. The summed E-state index contributed by atoms with van der Waals surface area (Å²) in [6.45, 7) is 4.12. The van der Waals surface area contributed by atoms with E-state index in [-0.39, 0.29) is 22.1 Å². The van der Waals surface area contributed by atoms with E-state index in [4.69, 9.17) is 0 Å². The van der Waals surface area contributed by atoms with Crippen LogP contribution in [0.4, 0.5) is 0 Å². The summed E-state index contributed by atoms with van der Waals surface area (Å²) in [5.74, 6) is 0.0304. The first kappa shape index (κ1) is 14.6. The number of nitrogens with zero attached hydrogens (tertiary/aromatic N) is 5. The molecule has 0 aliphatic carbocycles. The lowest BCUT2D eigenvalue weighted by atomic mass is 9.85. The van der Waals surface area contributed by atoms with Crippen molar-refractivity contribution < 1.29 is 9.90 Å². The first-order valence-corrected chi connectivity index (χ1v) is 8.20. The van der Waals surface area contributed by atoms with Crippen molar-refractivity contribution in [2.45, 2.75) is 36.1 Å². The highest BCUT2D eigenvalue weighted by Crippen LogP contribution is 2.60. The third kappa shape index (κ3) is 2.07. The van der Waals surface area contributed by atoms with E-state index in [1.54, 1.807) is 41.2 Å². The lowest BCUT2D eigenvalue weighted by molar-refractivity contribution is -0.161. The Balaban J connectivity index is 1.63. The molecule has 2 aliphatic rings. The standard InChI is InChI=1S/C14H16N6O2S/c1-14(2)10(11-16-18-19-17-11)20-12(22)8(13(20)23-14)9(21)7-4-3-5-15-6-7/h3-6,8-10,13,21H,1-2H3,(H,16,17,18,19)/t8-,9?,10+,13-/m1/s1. The molecule has 9 heteroatoms. The smallest absolute Gasteiger partial charge is 0.233 e. The average molecular weight is 332 g/mol. The number of amides is 1. The van der Waals surface area contributed by atoms with Gasteiger partial charge in [-0.1, -0.05) is 6.07 Å². The minimum atomic E-state index is -0.854. The molecular formula is C14H16N6O2S. The van der Waals surface area contributed by atoms with Gasteiger partial charge in [-0.15, -0.1) is 16.9 Å². The van der Waals surface area contributed by atoms with Gasteiger partial charge in [0.2, 0.25) is 5.91 Å². The lowest BCUT2D eigenvalue weighted by Crippen LogP contribution is -2.59. The molecule has 2 fully saturated rings. The number of hydrogen-bond acceptors (Lipinski definition) is 7. The van der Waals surface area contributed by atoms with Crippen LogP contribution in [0.15, 0.2) is 24.5 Å². The van der Waals surface area contributed by atoms with Crippen LogP contribution in [0.25, 0.3) is 0 Å². The van der Waals surface area contributed by atoms with Gasteiger partial charge < -0.3 is 10.0 Å². The number of tetrazole rings is 1. The summed E-state index contributed by atoms with van der Waals surface area (Å²) >= 11 is 1.67. The van der Waals surface area contributed by atoms with Crippen molar-refractivity contribution in [2.75, 3.05) is 0 Å². The predicted octanol–water partition coefficient (Wildman–Crippen LogP) is 0.679. The molecule has 4 rings (SSSR count). The number of carbonyl (C=O) groups excluding carboxylic acids is 1. The maximum atomic E-state index is 12.7. The number of aliphatic hydroxyl groups excluding tert-OH is 1. The van der Waals surface area contributed by atoms with E-state index in [9.17, 15) is 9.90 Å². The molecule has 2 aromatic rings. The summed E-state index contributed by atoms with van der Waals surface area (Å²) in [7, 11) is 0. The van der Waals surface area contributed by atoms with Gasteiger partial charge in [-0.2, -0.15) is 0 Å². The van der Waals surface area contributed by atoms with E-state index in [1.807, 2.05) is 0 Å². The molecular weight excluding hydrogens is 316 g/mol. The Kier molecular flexibility index (Phi) is 3.17. The summed E-state index contributed by atoms with van der Waals surface area (Å²) in [5.41, 5.74) is 0.661. The Morgan fingerprint density at radius 3 is 2.96 bits per heavy atom. The molecule has 4 atom stereocenters. The molecule has 2 aromatic heterocycles. The molecule has 120 valence electrons.